The van der Waals surface area contributed by atoms with Gasteiger partial charge in [-0.25, -0.2) is 0 Å². The minimum absolute atomic E-state index is 0.147. The highest BCUT2D eigenvalue weighted by Crippen LogP contribution is 2.67. The molecule has 0 aromatic heterocycles. The quantitative estimate of drug-likeness (QED) is 0.839. The van der Waals surface area contributed by atoms with Gasteiger partial charge in [0.25, 0.3) is 0 Å². The van der Waals surface area contributed by atoms with Gasteiger partial charge in [-0.2, -0.15) is 21.0 Å². The van der Waals surface area contributed by atoms with Crippen LogP contribution in [0.15, 0.2) is 35.5 Å². The SMILES string of the molecule is N#CC(C#N)=C(N)[C@]1(C#N)[C@@H](C#N)[C@@H]1c1cccc(Cl)c1. The zero-order valence-electron chi connectivity index (χ0n) is 10.7. The fourth-order valence-electron chi connectivity index (χ4n) is 2.61. The van der Waals surface area contributed by atoms with Crippen molar-refractivity contribution in [2.24, 2.45) is 17.1 Å². The molecule has 2 rings (SSSR count). The van der Waals surface area contributed by atoms with Gasteiger partial charge >= 0.3 is 0 Å². The zero-order chi connectivity index (χ0) is 15.6. The molecule has 0 bridgehead atoms. The molecule has 0 heterocycles. The van der Waals surface area contributed by atoms with Crippen LogP contribution < -0.4 is 5.73 Å². The van der Waals surface area contributed by atoms with Gasteiger partial charge in [-0.05, 0) is 17.7 Å². The van der Waals surface area contributed by atoms with Gasteiger partial charge in [0.2, 0.25) is 0 Å². The molecule has 1 aliphatic rings. The molecule has 1 saturated carbocycles. The number of nitriles is 4. The summed E-state index contributed by atoms with van der Waals surface area (Å²) in [7, 11) is 0. The summed E-state index contributed by atoms with van der Waals surface area (Å²) < 4.78 is 0. The first-order valence-electron chi connectivity index (χ1n) is 5.93. The molecule has 1 aromatic rings. The van der Waals surface area contributed by atoms with Crippen LogP contribution in [0.4, 0.5) is 0 Å². The Morgan fingerprint density at radius 1 is 1.19 bits per heavy atom. The molecule has 6 heteroatoms. The van der Waals surface area contributed by atoms with Gasteiger partial charge in [0.15, 0.2) is 0 Å². The molecule has 0 amide bonds. The van der Waals surface area contributed by atoms with Crippen molar-refractivity contribution >= 4 is 11.6 Å². The monoisotopic (exact) mass is 293 g/mol. The van der Waals surface area contributed by atoms with Crippen LogP contribution in [-0.4, -0.2) is 0 Å². The number of benzene rings is 1. The van der Waals surface area contributed by atoms with E-state index in [-0.39, 0.29) is 11.3 Å². The predicted molar refractivity (Wildman–Crippen MR) is 73.8 cm³/mol. The second-order valence-electron chi connectivity index (χ2n) is 4.63. The molecule has 1 fully saturated rings. The molecule has 0 saturated heterocycles. The molecule has 100 valence electrons. The first-order chi connectivity index (χ1) is 10.1. The molecular formula is C15H8ClN5. The Morgan fingerprint density at radius 2 is 1.86 bits per heavy atom. The van der Waals surface area contributed by atoms with E-state index in [2.05, 4.69) is 0 Å². The van der Waals surface area contributed by atoms with Gasteiger partial charge in [0, 0.05) is 10.9 Å². The number of allylic oxidation sites excluding steroid dienone is 2. The Morgan fingerprint density at radius 3 is 2.33 bits per heavy atom. The topological polar surface area (TPSA) is 121 Å². The van der Waals surface area contributed by atoms with Gasteiger partial charge in [0.1, 0.15) is 23.1 Å². The lowest BCUT2D eigenvalue weighted by molar-refractivity contribution is 0.719. The largest absolute Gasteiger partial charge is 0.399 e. The minimum atomic E-state index is -1.35. The lowest BCUT2D eigenvalue weighted by Crippen LogP contribution is -2.17. The standard InChI is InChI=1S/C15H8ClN5/c16-11-3-1-2-9(4-11)13-12(7-19)15(13,8-20)14(21)10(5-17)6-18/h1-4,12-13H,21H2/t12-,13-,15+/m0/s1. The molecule has 21 heavy (non-hydrogen) atoms. The second-order valence-corrected chi connectivity index (χ2v) is 5.07. The van der Waals surface area contributed by atoms with E-state index in [1.165, 1.54) is 0 Å². The first kappa shape index (κ1) is 14.4. The molecule has 0 radical (unpaired) electrons. The van der Waals surface area contributed by atoms with Crippen LogP contribution in [0, 0.1) is 56.7 Å². The lowest BCUT2D eigenvalue weighted by atomic mass is 9.94. The molecule has 0 unspecified atom stereocenters. The van der Waals surface area contributed by atoms with Gasteiger partial charge < -0.3 is 5.73 Å². The Labute approximate surface area is 126 Å². The van der Waals surface area contributed by atoms with E-state index in [9.17, 15) is 10.5 Å². The Hall–Kier alpha value is -2.99. The van der Waals surface area contributed by atoms with E-state index in [4.69, 9.17) is 27.9 Å². The van der Waals surface area contributed by atoms with Crippen molar-refractivity contribution in [3.05, 3.63) is 46.1 Å². The number of hydrogen-bond donors (Lipinski definition) is 1. The highest BCUT2D eigenvalue weighted by molar-refractivity contribution is 6.30. The van der Waals surface area contributed by atoms with Crippen molar-refractivity contribution in [1.82, 2.24) is 0 Å². The second kappa shape index (κ2) is 5.18. The fraction of sp³-hybridized carbons (Fsp3) is 0.200. The summed E-state index contributed by atoms with van der Waals surface area (Å²) in [6.45, 7) is 0. The smallest absolute Gasteiger partial charge is 0.150 e. The molecule has 0 spiro atoms. The zero-order valence-corrected chi connectivity index (χ0v) is 11.5. The Balaban J connectivity index is 2.60. The molecule has 1 aromatic carbocycles. The van der Waals surface area contributed by atoms with E-state index in [1.807, 2.05) is 12.1 Å². The van der Waals surface area contributed by atoms with Crippen molar-refractivity contribution in [1.29, 1.82) is 21.0 Å². The number of nitrogens with two attached hydrogens (primary N) is 1. The normalized spacial score (nSPS) is 25.6. The molecule has 5 nitrogen and oxygen atoms in total. The summed E-state index contributed by atoms with van der Waals surface area (Å²) in [5, 5.41) is 37.1. The van der Waals surface area contributed by atoms with E-state index >= 15 is 0 Å². The van der Waals surface area contributed by atoms with Gasteiger partial charge in [-0.3, -0.25) is 0 Å². The summed E-state index contributed by atoms with van der Waals surface area (Å²) in [4.78, 5) is 0. The van der Waals surface area contributed by atoms with E-state index < -0.39 is 17.3 Å². The van der Waals surface area contributed by atoms with Crippen molar-refractivity contribution in [3.63, 3.8) is 0 Å². The Bertz CT molecular complexity index is 783. The number of halogens is 1. The highest BCUT2D eigenvalue weighted by atomic mass is 35.5. The van der Waals surface area contributed by atoms with Gasteiger partial charge in [-0.15, -0.1) is 0 Å². The van der Waals surface area contributed by atoms with Crippen LogP contribution in [0.3, 0.4) is 0 Å². The third-order valence-electron chi connectivity index (χ3n) is 3.68. The molecule has 2 N–H and O–H groups in total. The lowest BCUT2D eigenvalue weighted by Gasteiger charge is -2.09. The van der Waals surface area contributed by atoms with E-state index in [1.54, 1.807) is 36.4 Å². The number of rotatable bonds is 2. The number of hydrogen-bond acceptors (Lipinski definition) is 5. The maximum atomic E-state index is 9.50. The van der Waals surface area contributed by atoms with Crippen molar-refractivity contribution in [2.45, 2.75) is 5.92 Å². The highest BCUT2D eigenvalue weighted by Gasteiger charge is 2.69. The molecule has 1 aliphatic carbocycles. The van der Waals surface area contributed by atoms with Crippen molar-refractivity contribution in [2.75, 3.05) is 0 Å². The molecule has 3 atom stereocenters. The maximum absolute atomic E-state index is 9.50. The average Bonchev–Trinajstić information content (AvgIpc) is 3.17. The van der Waals surface area contributed by atoms with Crippen LogP contribution in [-0.2, 0) is 0 Å². The molecule has 0 aliphatic heterocycles. The summed E-state index contributed by atoms with van der Waals surface area (Å²) >= 11 is 5.93. The van der Waals surface area contributed by atoms with Gasteiger partial charge in [0.05, 0.1) is 23.8 Å². The Kier molecular flexibility index (Phi) is 3.56. The van der Waals surface area contributed by atoms with Gasteiger partial charge in [-0.1, -0.05) is 23.7 Å². The minimum Gasteiger partial charge on any atom is -0.399 e. The van der Waals surface area contributed by atoms with Crippen LogP contribution in [0.5, 0.6) is 0 Å². The van der Waals surface area contributed by atoms with Crippen LogP contribution in [0.1, 0.15) is 11.5 Å². The van der Waals surface area contributed by atoms with Crippen LogP contribution in [0.2, 0.25) is 5.02 Å². The third-order valence-corrected chi connectivity index (χ3v) is 3.91. The summed E-state index contributed by atoms with van der Waals surface area (Å²) in [5.74, 6) is -1.21. The van der Waals surface area contributed by atoms with E-state index in [0.717, 1.165) is 0 Å². The van der Waals surface area contributed by atoms with E-state index in [0.29, 0.717) is 10.6 Å². The maximum Gasteiger partial charge on any atom is 0.150 e. The van der Waals surface area contributed by atoms with Crippen molar-refractivity contribution in [3.8, 4) is 24.3 Å². The third kappa shape index (κ3) is 1.98. The average molecular weight is 294 g/mol. The molecular weight excluding hydrogens is 286 g/mol. The van der Waals surface area contributed by atoms with Crippen molar-refractivity contribution < 1.29 is 0 Å². The number of nitrogens with zero attached hydrogens (tertiary/aromatic N) is 4. The first-order valence-corrected chi connectivity index (χ1v) is 6.31. The predicted octanol–water partition coefficient (Wildman–Crippen LogP) is 2.35. The van der Waals surface area contributed by atoms with Crippen LogP contribution >= 0.6 is 11.6 Å². The summed E-state index contributed by atoms with van der Waals surface area (Å²) in [6.07, 6.45) is 0. The summed E-state index contributed by atoms with van der Waals surface area (Å²) in [5.41, 5.74) is 4.71. The van der Waals surface area contributed by atoms with Crippen LogP contribution in [0.25, 0.3) is 0 Å². The fourth-order valence-corrected chi connectivity index (χ4v) is 2.81. The summed E-state index contributed by atoms with van der Waals surface area (Å²) in [6, 6.07) is 14.2.